The van der Waals surface area contributed by atoms with Crippen molar-refractivity contribution in [2.45, 2.75) is 5.50 Å². The third kappa shape index (κ3) is 3.72. The molecule has 3 rings (SSSR count). The Morgan fingerprint density at radius 3 is 2.59 bits per heavy atom. The third-order valence-corrected chi connectivity index (χ3v) is 6.75. The van der Waals surface area contributed by atoms with Crippen LogP contribution in [0.2, 0.25) is 0 Å². The van der Waals surface area contributed by atoms with Gasteiger partial charge in [0.15, 0.2) is 0 Å². The van der Waals surface area contributed by atoms with E-state index in [0.717, 1.165) is 16.3 Å². The van der Waals surface area contributed by atoms with Crippen molar-refractivity contribution in [2.75, 3.05) is 17.4 Å². The topological polar surface area (TPSA) is 80.5 Å². The van der Waals surface area contributed by atoms with Crippen LogP contribution in [0.15, 0.2) is 56.6 Å². The van der Waals surface area contributed by atoms with Crippen molar-refractivity contribution in [3.05, 3.63) is 46.2 Å². The Morgan fingerprint density at radius 2 is 1.91 bits per heavy atom. The molecule has 2 aliphatic rings. The highest BCUT2D eigenvalue weighted by Crippen LogP contribution is 2.42. The van der Waals surface area contributed by atoms with Crippen molar-refractivity contribution in [3.63, 3.8) is 0 Å². The number of rotatable bonds is 5. The molecule has 0 amide bonds. The molecule has 116 valence electrons. The first-order chi connectivity index (χ1) is 10.8. The van der Waals surface area contributed by atoms with Gasteiger partial charge in [-0.2, -0.15) is 5.53 Å². The van der Waals surface area contributed by atoms with Crippen LogP contribution < -0.4 is 10.5 Å². The number of thioether (sulfide) groups is 1. The maximum Gasteiger partial charge on any atom is 0.210 e. The number of aliphatic hydroxyl groups is 1. The van der Waals surface area contributed by atoms with Gasteiger partial charge in [-0.3, -0.25) is 0 Å². The highest BCUT2D eigenvalue weighted by atomic mass is 33.1. The van der Waals surface area contributed by atoms with Gasteiger partial charge in [-0.15, -0.1) is 16.9 Å². The average molecular weight is 354 g/mol. The van der Waals surface area contributed by atoms with E-state index in [1.165, 1.54) is 4.91 Å². The standard InChI is InChI=1S/C13H14N4O2S3/c18-7-11-5-6-12(22-21-11)8-20-13-14-15-16-17(13)9-1-3-10(19)4-2-9/h1-6,13,18-19H,7-8H2,(H,14,16). The Bertz CT molecular complexity index is 618. The molecule has 0 fully saturated rings. The number of hydrogen-bond acceptors (Lipinski definition) is 9. The van der Waals surface area contributed by atoms with Gasteiger partial charge >= 0.3 is 0 Å². The number of allylic oxidation sites excluding steroid dienone is 2. The smallest absolute Gasteiger partial charge is 0.210 e. The molecule has 2 aliphatic heterocycles. The van der Waals surface area contributed by atoms with Crippen LogP contribution in [0.1, 0.15) is 0 Å². The molecular formula is C13H14N4O2S3. The van der Waals surface area contributed by atoms with Crippen LogP contribution in [-0.2, 0) is 0 Å². The zero-order valence-corrected chi connectivity index (χ0v) is 13.9. The fourth-order valence-corrected chi connectivity index (χ4v) is 5.11. The van der Waals surface area contributed by atoms with Crippen LogP contribution in [0, 0.1) is 0 Å². The molecule has 22 heavy (non-hydrogen) atoms. The molecule has 9 heteroatoms. The van der Waals surface area contributed by atoms with Crippen molar-refractivity contribution in [2.24, 2.45) is 10.3 Å². The molecule has 0 spiro atoms. The van der Waals surface area contributed by atoms with E-state index < -0.39 is 0 Å². The summed E-state index contributed by atoms with van der Waals surface area (Å²) in [5, 5.41) is 28.3. The highest BCUT2D eigenvalue weighted by Gasteiger charge is 2.24. The SMILES string of the molecule is OCC1=CC=C(CSC2N=NNN2c2ccc(O)cc2)SS1. The van der Waals surface area contributed by atoms with E-state index >= 15 is 0 Å². The van der Waals surface area contributed by atoms with Crippen LogP contribution >= 0.6 is 33.3 Å². The number of phenolic OH excluding ortho intramolecular Hbond substituents is 1. The first kappa shape index (κ1) is 15.6. The summed E-state index contributed by atoms with van der Waals surface area (Å²) >= 11 is 1.65. The molecule has 6 nitrogen and oxygen atoms in total. The summed E-state index contributed by atoms with van der Waals surface area (Å²) in [6.07, 6.45) is 3.98. The van der Waals surface area contributed by atoms with Crippen LogP contribution in [0.5, 0.6) is 5.75 Å². The van der Waals surface area contributed by atoms with E-state index in [9.17, 15) is 5.11 Å². The number of benzene rings is 1. The number of aliphatic hydroxyl groups excluding tert-OH is 1. The number of anilines is 1. The monoisotopic (exact) mass is 354 g/mol. The molecule has 0 aromatic heterocycles. The molecular weight excluding hydrogens is 340 g/mol. The second-order valence-electron chi connectivity index (χ2n) is 4.43. The van der Waals surface area contributed by atoms with E-state index in [2.05, 4.69) is 15.9 Å². The van der Waals surface area contributed by atoms with Gasteiger partial charge in [0, 0.05) is 15.6 Å². The quantitative estimate of drug-likeness (QED) is 0.700. The molecule has 0 aliphatic carbocycles. The molecule has 1 aromatic carbocycles. The molecule has 0 saturated carbocycles. The van der Waals surface area contributed by atoms with Crippen molar-refractivity contribution in [1.29, 1.82) is 0 Å². The number of hydrazine groups is 1. The van der Waals surface area contributed by atoms with E-state index in [-0.39, 0.29) is 17.9 Å². The van der Waals surface area contributed by atoms with Crippen LogP contribution in [0.4, 0.5) is 5.69 Å². The first-order valence-corrected chi connectivity index (χ1v) is 9.66. The molecule has 1 aromatic rings. The fraction of sp³-hybridized carbons (Fsp3) is 0.231. The molecule has 0 bridgehead atoms. The first-order valence-electron chi connectivity index (χ1n) is 6.47. The molecule has 3 N–H and O–H groups in total. The summed E-state index contributed by atoms with van der Waals surface area (Å²) in [7, 11) is 3.25. The summed E-state index contributed by atoms with van der Waals surface area (Å²) in [5.41, 5.74) is 3.60. The minimum Gasteiger partial charge on any atom is -0.508 e. The van der Waals surface area contributed by atoms with Crippen molar-refractivity contribution >= 4 is 39.0 Å². The van der Waals surface area contributed by atoms with Crippen molar-refractivity contribution in [3.8, 4) is 5.75 Å². The summed E-state index contributed by atoms with van der Waals surface area (Å²) in [6, 6.07) is 6.89. The number of phenols is 1. The molecule has 0 saturated heterocycles. The predicted molar refractivity (Wildman–Crippen MR) is 93.3 cm³/mol. The Balaban J connectivity index is 1.60. The zero-order valence-electron chi connectivity index (χ0n) is 11.4. The lowest BCUT2D eigenvalue weighted by Gasteiger charge is -2.22. The summed E-state index contributed by atoms with van der Waals surface area (Å²) in [4.78, 5) is 2.19. The lowest BCUT2D eigenvalue weighted by atomic mass is 10.3. The average Bonchev–Trinajstić information content (AvgIpc) is 3.02. The van der Waals surface area contributed by atoms with Gasteiger partial charge in [-0.25, -0.2) is 5.01 Å². The van der Waals surface area contributed by atoms with Gasteiger partial charge in [-0.05, 0) is 30.3 Å². The lowest BCUT2D eigenvalue weighted by Crippen LogP contribution is -2.35. The second kappa shape index (κ2) is 7.32. The second-order valence-corrected chi connectivity index (χ2v) is 7.86. The number of nitrogens with zero attached hydrogens (tertiary/aromatic N) is 3. The summed E-state index contributed by atoms with van der Waals surface area (Å²) < 4.78 is 0. The Kier molecular flexibility index (Phi) is 5.19. The lowest BCUT2D eigenvalue weighted by molar-refractivity contribution is 0.339. The van der Waals surface area contributed by atoms with Gasteiger partial charge in [0.05, 0.1) is 12.3 Å². The zero-order chi connectivity index (χ0) is 15.4. The fourth-order valence-electron chi connectivity index (χ4n) is 1.79. The van der Waals surface area contributed by atoms with Gasteiger partial charge < -0.3 is 10.2 Å². The highest BCUT2D eigenvalue weighted by molar-refractivity contribution is 8.79. The summed E-state index contributed by atoms with van der Waals surface area (Å²) in [5.74, 6) is 1.04. The largest absolute Gasteiger partial charge is 0.508 e. The number of hydrogen-bond donors (Lipinski definition) is 3. The maximum absolute atomic E-state index is 9.35. The molecule has 0 radical (unpaired) electrons. The normalized spacial score (nSPS) is 20.6. The maximum atomic E-state index is 9.35. The Hall–Kier alpha value is -1.29. The van der Waals surface area contributed by atoms with E-state index in [1.807, 2.05) is 29.3 Å². The predicted octanol–water partition coefficient (Wildman–Crippen LogP) is 3.26. The van der Waals surface area contributed by atoms with Crippen molar-refractivity contribution < 1.29 is 10.2 Å². The van der Waals surface area contributed by atoms with Gasteiger partial charge in [-0.1, -0.05) is 32.9 Å². The van der Waals surface area contributed by atoms with Crippen molar-refractivity contribution in [1.82, 2.24) is 5.53 Å². The Labute approximate surface area is 140 Å². The van der Waals surface area contributed by atoms with Gasteiger partial charge in [0.25, 0.3) is 0 Å². The van der Waals surface area contributed by atoms with Crippen LogP contribution in [-0.4, -0.2) is 28.1 Å². The van der Waals surface area contributed by atoms with Crippen LogP contribution in [0.3, 0.4) is 0 Å². The minimum atomic E-state index is -0.153. The third-order valence-electron chi connectivity index (χ3n) is 2.90. The van der Waals surface area contributed by atoms with E-state index in [4.69, 9.17) is 5.11 Å². The van der Waals surface area contributed by atoms with E-state index in [1.54, 1.807) is 45.5 Å². The molecule has 1 unspecified atom stereocenters. The van der Waals surface area contributed by atoms with Gasteiger partial charge in [0.2, 0.25) is 5.50 Å². The number of nitrogens with one attached hydrogen (secondary N) is 1. The minimum absolute atomic E-state index is 0.0873. The van der Waals surface area contributed by atoms with Gasteiger partial charge in [0.1, 0.15) is 5.75 Å². The molecule has 1 atom stereocenters. The van der Waals surface area contributed by atoms with Crippen LogP contribution in [0.25, 0.3) is 0 Å². The summed E-state index contributed by atoms with van der Waals surface area (Å²) in [6.45, 7) is 0.0873. The van der Waals surface area contributed by atoms with E-state index in [0.29, 0.717) is 0 Å². The molecule has 2 heterocycles. The number of aromatic hydroxyl groups is 1. The Morgan fingerprint density at radius 1 is 1.18 bits per heavy atom.